The maximum absolute atomic E-state index is 13.2. The molecule has 8 heteroatoms. The molecule has 2 aliphatic heterocycles. The van der Waals surface area contributed by atoms with Gasteiger partial charge in [0.15, 0.2) is 11.5 Å². The van der Waals surface area contributed by atoms with E-state index in [4.69, 9.17) is 13.9 Å². The maximum Gasteiger partial charge on any atom is 0.290 e. The molecule has 1 aromatic carbocycles. The number of carbonyl (C=O) groups excluding carboxylic acids is 2. The van der Waals surface area contributed by atoms with Crippen molar-refractivity contribution < 1.29 is 28.6 Å². The van der Waals surface area contributed by atoms with Gasteiger partial charge in [0.2, 0.25) is 0 Å². The number of allylic oxidation sites excluding steroid dienone is 1. The Morgan fingerprint density at radius 2 is 2.03 bits per heavy atom. The van der Waals surface area contributed by atoms with Gasteiger partial charge >= 0.3 is 0 Å². The van der Waals surface area contributed by atoms with Crippen molar-refractivity contribution in [1.82, 2.24) is 9.80 Å². The lowest BCUT2D eigenvalue weighted by Crippen LogP contribution is -2.39. The van der Waals surface area contributed by atoms with Gasteiger partial charge in [-0.3, -0.25) is 14.5 Å². The van der Waals surface area contributed by atoms with Crippen molar-refractivity contribution >= 4 is 17.8 Å². The molecule has 4 rings (SSSR count). The van der Waals surface area contributed by atoms with Crippen LogP contribution >= 0.6 is 0 Å². The van der Waals surface area contributed by atoms with Crippen LogP contribution in [0.2, 0.25) is 0 Å². The third-order valence-electron chi connectivity index (χ3n) is 5.97. The van der Waals surface area contributed by atoms with Crippen molar-refractivity contribution in [2.75, 3.05) is 46.0 Å². The molecule has 0 saturated carbocycles. The van der Waals surface area contributed by atoms with Crippen molar-refractivity contribution in [3.8, 4) is 5.75 Å². The lowest BCUT2D eigenvalue weighted by Gasteiger charge is -2.30. The Bertz CT molecular complexity index is 1050. The molecule has 8 nitrogen and oxygen atoms in total. The number of hydrogen-bond donors (Lipinski definition) is 1. The van der Waals surface area contributed by atoms with Crippen LogP contribution in [-0.2, 0) is 14.3 Å². The topological polar surface area (TPSA) is 92.5 Å². The van der Waals surface area contributed by atoms with Gasteiger partial charge in [-0.15, -0.1) is 0 Å². The smallest absolute Gasteiger partial charge is 0.290 e. The minimum atomic E-state index is -0.702. The monoisotopic (exact) mass is 466 g/mol. The number of furan rings is 1. The van der Waals surface area contributed by atoms with Crippen molar-refractivity contribution in [2.45, 2.75) is 19.4 Å². The Kier molecular flexibility index (Phi) is 7.82. The molecule has 1 unspecified atom stereocenters. The van der Waals surface area contributed by atoms with Gasteiger partial charge in [-0.1, -0.05) is 12.1 Å². The van der Waals surface area contributed by atoms with Gasteiger partial charge in [0, 0.05) is 26.2 Å². The molecule has 0 spiro atoms. The summed E-state index contributed by atoms with van der Waals surface area (Å²) in [5, 5.41) is 10.8. The second-order valence-corrected chi connectivity index (χ2v) is 8.19. The quantitative estimate of drug-likeness (QED) is 0.537. The number of nitrogens with zero attached hydrogens (tertiary/aromatic N) is 2. The van der Waals surface area contributed by atoms with E-state index in [0.29, 0.717) is 49.9 Å². The zero-order valence-electron chi connectivity index (χ0n) is 19.3. The highest BCUT2D eigenvalue weighted by molar-refractivity contribution is 6.14. The Labute approximate surface area is 199 Å². The van der Waals surface area contributed by atoms with Crippen LogP contribution in [0.3, 0.4) is 0 Å². The number of hydrogen-bond acceptors (Lipinski definition) is 7. The number of amides is 1. The average Bonchev–Trinajstić information content (AvgIpc) is 3.46. The first-order chi connectivity index (χ1) is 16.6. The van der Waals surface area contributed by atoms with Crippen LogP contribution in [0.5, 0.6) is 5.75 Å². The van der Waals surface area contributed by atoms with Crippen molar-refractivity contribution in [3.05, 3.63) is 71.4 Å². The first-order valence-corrected chi connectivity index (χ1v) is 11.6. The predicted molar refractivity (Wildman–Crippen MR) is 126 cm³/mol. The molecule has 1 aromatic heterocycles. The highest BCUT2D eigenvalue weighted by Gasteiger charge is 2.42. The largest absolute Gasteiger partial charge is 0.503 e. The highest BCUT2D eigenvalue weighted by atomic mass is 16.5. The molecule has 3 heterocycles. The third-order valence-corrected chi connectivity index (χ3v) is 5.97. The maximum atomic E-state index is 13.2. The number of benzene rings is 1. The van der Waals surface area contributed by atoms with Gasteiger partial charge in [0.05, 0.1) is 37.7 Å². The summed E-state index contributed by atoms with van der Waals surface area (Å²) in [6.45, 7) is 6.73. The van der Waals surface area contributed by atoms with E-state index in [-0.39, 0.29) is 5.57 Å². The number of aliphatic hydroxyl groups is 1. The first-order valence-electron chi connectivity index (χ1n) is 11.6. The molecule has 0 bridgehead atoms. The fourth-order valence-corrected chi connectivity index (χ4v) is 4.35. The average molecular weight is 467 g/mol. The second kappa shape index (κ2) is 11.2. The van der Waals surface area contributed by atoms with E-state index in [9.17, 15) is 14.7 Å². The molecule has 2 aliphatic rings. The fourth-order valence-electron chi connectivity index (χ4n) is 4.35. The summed E-state index contributed by atoms with van der Waals surface area (Å²) in [5.41, 5.74) is 0.775. The van der Waals surface area contributed by atoms with Gasteiger partial charge in [-0.05, 0) is 55.3 Å². The summed E-state index contributed by atoms with van der Waals surface area (Å²) in [4.78, 5) is 30.1. The van der Waals surface area contributed by atoms with Crippen molar-refractivity contribution in [3.63, 3.8) is 0 Å². The van der Waals surface area contributed by atoms with E-state index < -0.39 is 23.5 Å². The molecular weight excluding hydrogens is 436 g/mol. The van der Waals surface area contributed by atoms with Crippen LogP contribution in [0, 0.1) is 0 Å². The number of ketones is 1. The molecule has 2 aromatic rings. The van der Waals surface area contributed by atoms with Gasteiger partial charge in [-0.2, -0.15) is 0 Å². The summed E-state index contributed by atoms with van der Waals surface area (Å²) in [6.07, 6.45) is 5.08. The summed E-state index contributed by atoms with van der Waals surface area (Å²) in [7, 11) is 0. The highest BCUT2D eigenvalue weighted by Crippen LogP contribution is 2.39. The van der Waals surface area contributed by atoms with E-state index in [1.54, 1.807) is 17.0 Å². The summed E-state index contributed by atoms with van der Waals surface area (Å²) in [6, 6.07) is 10.1. The van der Waals surface area contributed by atoms with Crippen LogP contribution in [-0.4, -0.2) is 72.6 Å². The number of rotatable bonds is 10. The van der Waals surface area contributed by atoms with Crippen molar-refractivity contribution in [1.29, 1.82) is 0 Å². The minimum absolute atomic E-state index is 0.0628. The number of ether oxygens (including phenoxy) is 2. The number of morpholine rings is 1. The zero-order valence-corrected chi connectivity index (χ0v) is 19.3. The van der Waals surface area contributed by atoms with Gasteiger partial charge in [0.25, 0.3) is 5.91 Å². The molecule has 0 radical (unpaired) electrons. The standard InChI is InChI=1S/C26H30N2O6/c1-2-33-21-7-3-6-19(18-21)24-23(22(29)10-9-20-8-4-15-34-20)25(30)26(31)28(24)12-5-11-27-13-16-32-17-14-27/h3-4,6-10,15,18,24,30H,2,5,11-14,16-17H2,1H3/b10-9+. The van der Waals surface area contributed by atoms with E-state index in [1.807, 2.05) is 31.2 Å². The molecular formula is C26H30N2O6. The fraction of sp³-hybridized carbons (Fsp3) is 0.385. The lowest BCUT2D eigenvalue weighted by molar-refractivity contribution is -0.129. The van der Waals surface area contributed by atoms with Crippen LogP contribution in [0.4, 0.5) is 0 Å². The third kappa shape index (κ3) is 5.40. The molecule has 180 valence electrons. The SMILES string of the molecule is CCOc1cccc(C2C(C(=O)/C=C/c3ccco3)=C(O)C(=O)N2CCCN2CCOCC2)c1. The molecule has 1 saturated heterocycles. The first kappa shape index (κ1) is 23.8. The molecule has 1 N–H and O–H groups in total. The molecule has 1 atom stereocenters. The Morgan fingerprint density at radius 3 is 2.76 bits per heavy atom. The Hall–Kier alpha value is -3.36. The van der Waals surface area contributed by atoms with E-state index in [0.717, 1.165) is 19.6 Å². The summed E-state index contributed by atoms with van der Waals surface area (Å²) < 4.78 is 16.3. The molecule has 1 amide bonds. The zero-order chi connectivity index (χ0) is 23.9. The van der Waals surface area contributed by atoms with Gasteiger partial charge in [0.1, 0.15) is 11.5 Å². The summed E-state index contributed by atoms with van der Waals surface area (Å²) in [5.74, 6) is -0.333. The number of carbonyl (C=O) groups is 2. The van der Waals surface area contributed by atoms with Crippen molar-refractivity contribution in [2.24, 2.45) is 0 Å². The molecule has 34 heavy (non-hydrogen) atoms. The Balaban J connectivity index is 1.59. The second-order valence-electron chi connectivity index (χ2n) is 8.19. The molecule has 1 fully saturated rings. The summed E-state index contributed by atoms with van der Waals surface area (Å²) >= 11 is 0. The van der Waals surface area contributed by atoms with Crippen LogP contribution in [0.25, 0.3) is 6.08 Å². The van der Waals surface area contributed by atoms with E-state index in [2.05, 4.69) is 4.90 Å². The lowest BCUT2D eigenvalue weighted by atomic mass is 9.95. The van der Waals surface area contributed by atoms with E-state index >= 15 is 0 Å². The van der Waals surface area contributed by atoms with Crippen LogP contribution in [0.1, 0.15) is 30.7 Å². The van der Waals surface area contributed by atoms with Crippen LogP contribution < -0.4 is 4.74 Å². The molecule has 0 aliphatic carbocycles. The predicted octanol–water partition coefficient (Wildman–Crippen LogP) is 3.38. The van der Waals surface area contributed by atoms with Gasteiger partial charge < -0.3 is 23.9 Å². The van der Waals surface area contributed by atoms with E-state index in [1.165, 1.54) is 18.4 Å². The Morgan fingerprint density at radius 1 is 1.21 bits per heavy atom. The normalized spacial score (nSPS) is 19.4. The van der Waals surface area contributed by atoms with Gasteiger partial charge in [-0.25, -0.2) is 0 Å². The minimum Gasteiger partial charge on any atom is -0.503 e. The van der Waals surface area contributed by atoms with Crippen LogP contribution in [0.15, 0.2) is 64.5 Å². The number of aliphatic hydroxyl groups excluding tert-OH is 1.